The Labute approximate surface area is 209 Å². The Morgan fingerprint density at radius 2 is 1.46 bits per heavy atom. The third-order valence-corrected chi connectivity index (χ3v) is 7.17. The number of hydrogen-bond acceptors (Lipinski definition) is 5. The van der Waals surface area contributed by atoms with E-state index in [1.165, 1.54) is 20.5 Å². The second-order valence-electron chi connectivity index (χ2n) is 8.00. The Balaban J connectivity index is 1.47. The number of para-hydroxylation sites is 1. The Morgan fingerprint density at radius 3 is 2.23 bits per heavy atom. The van der Waals surface area contributed by atoms with Crippen molar-refractivity contribution in [1.29, 1.82) is 0 Å². The van der Waals surface area contributed by atoms with Crippen LogP contribution in [0.2, 0.25) is 0 Å². The number of hydrogen-bond donors (Lipinski definition) is 0. The summed E-state index contributed by atoms with van der Waals surface area (Å²) < 4.78 is 23.7. The summed E-state index contributed by atoms with van der Waals surface area (Å²) in [5.41, 5.74) is 4.44. The molecule has 0 atom stereocenters. The third kappa shape index (κ3) is 4.55. The van der Waals surface area contributed by atoms with Crippen molar-refractivity contribution in [1.82, 2.24) is 0 Å². The van der Waals surface area contributed by atoms with Gasteiger partial charge in [0.2, 0.25) is 0 Å². The van der Waals surface area contributed by atoms with Crippen LogP contribution in [0, 0.1) is 0 Å². The van der Waals surface area contributed by atoms with E-state index in [9.17, 15) is 0 Å². The van der Waals surface area contributed by atoms with E-state index in [4.69, 9.17) is 18.9 Å². The van der Waals surface area contributed by atoms with Crippen molar-refractivity contribution in [3.8, 4) is 44.6 Å². The molecule has 1 aromatic heterocycles. The van der Waals surface area contributed by atoms with Gasteiger partial charge in [-0.1, -0.05) is 54.6 Å². The summed E-state index contributed by atoms with van der Waals surface area (Å²) in [7, 11) is 4.97. The summed E-state index contributed by atoms with van der Waals surface area (Å²) in [4.78, 5) is 1.22. The van der Waals surface area contributed by atoms with Gasteiger partial charge in [0.25, 0.3) is 0 Å². The molecule has 0 radical (unpaired) electrons. The van der Waals surface area contributed by atoms with Gasteiger partial charge in [0.15, 0.2) is 11.5 Å². The zero-order valence-electron chi connectivity index (χ0n) is 19.9. The van der Waals surface area contributed by atoms with E-state index < -0.39 is 0 Å². The first-order valence-corrected chi connectivity index (χ1v) is 12.1. The van der Waals surface area contributed by atoms with Crippen LogP contribution in [0.25, 0.3) is 31.7 Å². The van der Waals surface area contributed by atoms with Crippen molar-refractivity contribution in [2.24, 2.45) is 0 Å². The molecule has 0 saturated heterocycles. The lowest BCUT2D eigenvalue weighted by molar-refractivity contribution is 0.291. The molecule has 35 heavy (non-hydrogen) atoms. The second-order valence-corrected chi connectivity index (χ2v) is 9.05. The highest BCUT2D eigenvalue weighted by Crippen LogP contribution is 2.45. The zero-order chi connectivity index (χ0) is 24.2. The van der Waals surface area contributed by atoms with Crippen molar-refractivity contribution in [2.45, 2.75) is 6.61 Å². The maximum Gasteiger partial charge on any atom is 0.167 e. The summed E-state index contributed by atoms with van der Waals surface area (Å²) in [5, 5.41) is 1.24. The molecule has 176 valence electrons. The van der Waals surface area contributed by atoms with Gasteiger partial charge in [-0.2, -0.15) is 0 Å². The molecule has 0 N–H and O–H groups in total. The molecule has 0 fully saturated rings. The van der Waals surface area contributed by atoms with Gasteiger partial charge in [0.1, 0.15) is 18.1 Å². The maximum atomic E-state index is 6.09. The minimum Gasteiger partial charge on any atom is -0.497 e. The molecule has 0 aliphatic carbocycles. The van der Waals surface area contributed by atoms with Gasteiger partial charge in [-0.3, -0.25) is 0 Å². The largest absolute Gasteiger partial charge is 0.497 e. The van der Waals surface area contributed by atoms with Crippen molar-refractivity contribution in [3.05, 3.63) is 96.6 Å². The van der Waals surface area contributed by atoms with Crippen LogP contribution in [0.4, 0.5) is 0 Å². The Hall–Kier alpha value is -3.96. The normalized spacial score (nSPS) is 10.8. The van der Waals surface area contributed by atoms with Gasteiger partial charge in [0.05, 0.1) is 21.3 Å². The molecule has 0 amide bonds. The van der Waals surface area contributed by atoms with Crippen LogP contribution in [-0.4, -0.2) is 21.3 Å². The van der Waals surface area contributed by atoms with Crippen LogP contribution >= 0.6 is 11.3 Å². The summed E-state index contributed by atoms with van der Waals surface area (Å²) in [6.07, 6.45) is 0. The van der Waals surface area contributed by atoms with Crippen LogP contribution < -0.4 is 18.9 Å². The van der Waals surface area contributed by atoms with Crippen molar-refractivity contribution < 1.29 is 18.9 Å². The average Bonchev–Trinajstić information content (AvgIpc) is 3.31. The number of thiophene rings is 1. The molecule has 0 spiro atoms. The predicted octanol–water partition coefficient (Wildman–Crippen LogP) is 7.84. The van der Waals surface area contributed by atoms with Crippen LogP contribution in [0.15, 0.2) is 91.0 Å². The van der Waals surface area contributed by atoms with E-state index in [0.29, 0.717) is 18.1 Å². The summed E-state index contributed by atoms with van der Waals surface area (Å²) >= 11 is 1.80. The standard InChI is InChI=1S/C30H26O4S/c1-31-24-10-6-8-21(18-24)30-28(25-11-4-5-13-27(25)35-30)20-14-16-23(17-15-20)34-19-22-9-7-12-26(32-2)29(22)33-3/h4-18H,19H2,1-3H3. The molecule has 0 unspecified atom stereocenters. The number of fused-ring (bicyclic) bond motifs is 1. The molecule has 0 saturated carbocycles. The van der Waals surface area contributed by atoms with Gasteiger partial charge in [-0.25, -0.2) is 0 Å². The molecule has 0 bridgehead atoms. The monoisotopic (exact) mass is 482 g/mol. The van der Waals surface area contributed by atoms with Gasteiger partial charge in [0, 0.05) is 26.1 Å². The lowest BCUT2D eigenvalue weighted by Crippen LogP contribution is -2.00. The van der Waals surface area contributed by atoms with E-state index in [-0.39, 0.29) is 0 Å². The Bertz CT molecular complexity index is 1450. The van der Waals surface area contributed by atoms with Gasteiger partial charge < -0.3 is 18.9 Å². The summed E-state index contributed by atoms with van der Waals surface area (Å²) in [6.45, 7) is 0.385. The second kappa shape index (κ2) is 10.1. The lowest BCUT2D eigenvalue weighted by atomic mass is 9.98. The first-order valence-electron chi connectivity index (χ1n) is 11.3. The predicted molar refractivity (Wildman–Crippen MR) is 143 cm³/mol. The van der Waals surface area contributed by atoms with Crippen LogP contribution in [-0.2, 0) is 6.61 Å². The van der Waals surface area contributed by atoms with Crippen LogP contribution in [0.1, 0.15) is 5.56 Å². The highest BCUT2D eigenvalue weighted by Gasteiger charge is 2.16. The number of ether oxygens (including phenoxy) is 4. The van der Waals surface area contributed by atoms with Gasteiger partial charge in [-0.15, -0.1) is 11.3 Å². The fraction of sp³-hybridized carbons (Fsp3) is 0.133. The van der Waals surface area contributed by atoms with Crippen LogP contribution in [0.3, 0.4) is 0 Å². The van der Waals surface area contributed by atoms with E-state index in [1.54, 1.807) is 32.7 Å². The molecular formula is C30H26O4S. The first-order chi connectivity index (χ1) is 17.2. The smallest absolute Gasteiger partial charge is 0.167 e. The maximum absolute atomic E-state index is 6.09. The molecule has 1 heterocycles. The quantitative estimate of drug-likeness (QED) is 0.226. The fourth-order valence-electron chi connectivity index (χ4n) is 4.25. The fourth-order valence-corrected chi connectivity index (χ4v) is 5.47. The molecular weight excluding hydrogens is 456 g/mol. The summed E-state index contributed by atoms with van der Waals surface area (Å²) in [5.74, 6) is 3.03. The number of benzene rings is 4. The molecule has 0 aliphatic heterocycles. The van der Waals surface area contributed by atoms with E-state index in [0.717, 1.165) is 28.2 Å². The summed E-state index contributed by atoms with van der Waals surface area (Å²) in [6, 6.07) is 30.8. The Kier molecular flexibility index (Phi) is 6.59. The van der Waals surface area contributed by atoms with Crippen molar-refractivity contribution >= 4 is 21.4 Å². The highest BCUT2D eigenvalue weighted by molar-refractivity contribution is 7.23. The van der Waals surface area contributed by atoms with Crippen molar-refractivity contribution in [2.75, 3.05) is 21.3 Å². The van der Waals surface area contributed by atoms with Gasteiger partial charge in [-0.05, 0) is 47.5 Å². The Morgan fingerprint density at radius 1 is 0.657 bits per heavy atom. The number of rotatable bonds is 8. The molecule has 4 aromatic carbocycles. The molecule has 4 nitrogen and oxygen atoms in total. The number of methoxy groups -OCH3 is 3. The zero-order valence-corrected chi connectivity index (χ0v) is 20.7. The molecule has 5 rings (SSSR count). The van der Waals surface area contributed by atoms with Gasteiger partial charge >= 0.3 is 0 Å². The van der Waals surface area contributed by atoms with Crippen LogP contribution in [0.5, 0.6) is 23.0 Å². The highest BCUT2D eigenvalue weighted by atomic mass is 32.1. The topological polar surface area (TPSA) is 36.9 Å². The molecule has 0 aliphatic rings. The van der Waals surface area contributed by atoms with Crippen molar-refractivity contribution in [3.63, 3.8) is 0 Å². The molecule has 5 aromatic rings. The minimum absolute atomic E-state index is 0.385. The third-order valence-electron chi connectivity index (χ3n) is 5.95. The average molecular weight is 483 g/mol. The van der Waals surface area contributed by atoms with E-state index in [2.05, 4.69) is 48.5 Å². The van der Waals surface area contributed by atoms with E-state index >= 15 is 0 Å². The first kappa shape index (κ1) is 22.8. The minimum atomic E-state index is 0.385. The SMILES string of the molecule is COc1cccc(-c2sc3ccccc3c2-c2ccc(OCc3cccc(OC)c3OC)cc2)c1. The molecule has 5 heteroatoms. The lowest BCUT2D eigenvalue weighted by Gasteiger charge is -2.14. The van der Waals surface area contributed by atoms with E-state index in [1.807, 2.05) is 42.5 Å².